The molecule has 0 amide bonds. The van der Waals surface area contributed by atoms with Crippen LogP contribution in [0, 0.1) is 23.7 Å². The van der Waals surface area contributed by atoms with Crippen LogP contribution in [-0.4, -0.2) is 30.3 Å². The van der Waals surface area contributed by atoms with Crippen LogP contribution in [0.25, 0.3) is 0 Å². The zero-order chi connectivity index (χ0) is 15.2. The Kier molecular flexibility index (Phi) is 7.63. The van der Waals surface area contributed by atoms with E-state index in [4.69, 9.17) is 10.6 Å². The van der Waals surface area contributed by atoms with Crippen molar-refractivity contribution in [2.75, 3.05) is 7.11 Å². The van der Waals surface area contributed by atoms with E-state index in [0.29, 0.717) is 6.42 Å². The summed E-state index contributed by atoms with van der Waals surface area (Å²) in [5.41, 5.74) is 0. The zero-order valence-corrected chi connectivity index (χ0v) is 12.3. The van der Waals surface area contributed by atoms with Gasteiger partial charge in [-0.05, 0) is 18.3 Å². The molecule has 0 saturated heterocycles. The average Bonchev–Trinajstić information content (AvgIpc) is 2.31. The highest BCUT2D eigenvalue weighted by molar-refractivity contribution is 5.81. The van der Waals surface area contributed by atoms with E-state index >= 15 is 0 Å². The van der Waals surface area contributed by atoms with Crippen molar-refractivity contribution in [3.05, 3.63) is 0 Å². The Bertz CT molecular complexity index is 303. The van der Waals surface area contributed by atoms with Gasteiger partial charge in [-0.25, -0.2) is 0 Å². The van der Waals surface area contributed by atoms with Gasteiger partial charge in [0.2, 0.25) is 0 Å². The molecule has 0 aliphatic carbocycles. The smallest absolute Gasteiger partial charge is 0.328 e. The molecular formula is C13H25NO5. The first-order chi connectivity index (χ1) is 8.76. The highest BCUT2D eigenvalue weighted by atomic mass is 16.7. The molecule has 112 valence electrons. The van der Waals surface area contributed by atoms with Crippen LogP contribution >= 0.6 is 0 Å². The van der Waals surface area contributed by atoms with E-state index < -0.39 is 29.9 Å². The average molecular weight is 275 g/mol. The zero-order valence-electron chi connectivity index (χ0n) is 12.3. The minimum atomic E-state index is -1.07. The standard InChI is InChI=1S/C13H25NO5/c1-7(2)6-9(18-5)11(12(15)16)10(8(3)4)13(17)19-14/h7-11H,6,14H2,1-5H3,(H,15,16). The SMILES string of the molecule is COC(CC(C)C)C(C(=O)O)C(C(=O)ON)C(C)C. The summed E-state index contributed by atoms with van der Waals surface area (Å²) in [6.07, 6.45) is -0.00171. The van der Waals surface area contributed by atoms with Crippen LogP contribution in [0.4, 0.5) is 0 Å². The van der Waals surface area contributed by atoms with Crippen LogP contribution in [-0.2, 0) is 19.2 Å². The second-order valence-electron chi connectivity index (χ2n) is 5.47. The van der Waals surface area contributed by atoms with E-state index in [1.54, 1.807) is 13.8 Å². The molecule has 0 rings (SSSR count). The van der Waals surface area contributed by atoms with Crippen LogP contribution in [0.5, 0.6) is 0 Å². The lowest BCUT2D eigenvalue weighted by Gasteiger charge is -2.31. The van der Waals surface area contributed by atoms with Crippen molar-refractivity contribution < 1.29 is 24.3 Å². The molecule has 0 fully saturated rings. The fourth-order valence-corrected chi connectivity index (χ4v) is 2.31. The van der Waals surface area contributed by atoms with E-state index in [2.05, 4.69) is 4.84 Å². The Hall–Kier alpha value is -1.14. The lowest BCUT2D eigenvalue weighted by atomic mass is 9.78. The van der Waals surface area contributed by atoms with Gasteiger partial charge in [0.15, 0.2) is 0 Å². The Labute approximate surface area is 114 Å². The normalized spacial score (nSPS) is 16.2. The van der Waals surface area contributed by atoms with Gasteiger partial charge < -0.3 is 14.7 Å². The summed E-state index contributed by atoms with van der Waals surface area (Å²) in [5.74, 6) is 1.38. The summed E-state index contributed by atoms with van der Waals surface area (Å²) >= 11 is 0. The van der Waals surface area contributed by atoms with Crippen molar-refractivity contribution in [3.63, 3.8) is 0 Å². The summed E-state index contributed by atoms with van der Waals surface area (Å²) in [7, 11) is 1.45. The van der Waals surface area contributed by atoms with Crippen LogP contribution in [0.2, 0.25) is 0 Å². The number of carbonyl (C=O) groups is 2. The topological polar surface area (TPSA) is 98.8 Å². The molecule has 0 aromatic heterocycles. The number of aliphatic carboxylic acids is 1. The van der Waals surface area contributed by atoms with E-state index in [1.807, 2.05) is 13.8 Å². The maximum atomic E-state index is 11.7. The van der Waals surface area contributed by atoms with E-state index in [0.717, 1.165) is 0 Å². The number of carboxylic acid groups (broad SMARTS) is 1. The summed E-state index contributed by atoms with van der Waals surface area (Å²) in [6.45, 7) is 7.46. The molecule has 0 aliphatic heterocycles. The molecule has 0 spiro atoms. The van der Waals surface area contributed by atoms with Gasteiger partial charge in [0.1, 0.15) is 0 Å². The number of carboxylic acids is 1. The molecule has 0 aromatic carbocycles. The van der Waals surface area contributed by atoms with Gasteiger partial charge >= 0.3 is 11.9 Å². The molecule has 3 N–H and O–H groups in total. The Balaban J connectivity index is 5.34. The van der Waals surface area contributed by atoms with Crippen molar-refractivity contribution in [1.29, 1.82) is 0 Å². The third-order valence-corrected chi connectivity index (χ3v) is 3.19. The van der Waals surface area contributed by atoms with Gasteiger partial charge in [-0.1, -0.05) is 27.7 Å². The van der Waals surface area contributed by atoms with Gasteiger partial charge in [0.05, 0.1) is 17.9 Å². The number of hydrogen-bond donors (Lipinski definition) is 2. The fraction of sp³-hybridized carbons (Fsp3) is 0.846. The van der Waals surface area contributed by atoms with Gasteiger partial charge in [-0.2, -0.15) is 5.90 Å². The number of nitrogens with two attached hydrogens (primary N) is 1. The molecule has 0 bridgehead atoms. The monoisotopic (exact) mass is 275 g/mol. The van der Waals surface area contributed by atoms with Crippen molar-refractivity contribution in [2.45, 2.75) is 40.2 Å². The van der Waals surface area contributed by atoms with Crippen LogP contribution in [0.1, 0.15) is 34.1 Å². The van der Waals surface area contributed by atoms with Crippen molar-refractivity contribution in [2.24, 2.45) is 29.6 Å². The van der Waals surface area contributed by atoms with Crippen LogP contribution < -0.4 is 5.90 Å². The number of carbonyl (C=O) groups excluding carboxylic acids is 1. The third kappa shape index (κ3) is 5.16. The third-order valence-electron chi connectivity index (χ3n) is 3.19. The van der Waals surface area contributed by atoms with Crippen LogP contribution in [0.3, 0.4) is 0 Å². The first-order valence-electron chi connectivity index (χ1n) is 6.42. The lowest BCUT2D eigenvalue weighted by molar-refractivity contribution is -0.166. The molecule has 0 aliphatic rings. The number of methoxy groups -OCH3 is 1. The molecule has 0 aromatic rings. The lowest BCUT2D eigenvalue weighted by Crippen LogP contribution is -2.43. The van der Waals surface area contributed by atoms with Crippen molar-refractivity contribution >= 4 is 11.9 Å². The molecule has 3 atom stereocenters. The minimum absolute atomic E-state index is 0.207. The van der Waals surface area contributed by atoms with Crippen molar-refractivity contribution in [1.82, 2.24) is 0 Å². The molecule has 3 unspecified atom stereocenters. The summed E-state index contributed by atoms with van der Waals surface area (Å²) in [5, 5.41) is 9.42. The molecule has 0 saturated carbocycles. The second-order valence-corrected chi connectivity index (χ2v) is 5.47. The number of hydrogen-bond acceptors (Lipinski definition) is 5. The fourth-order valence-electron chi connectivity index (χ4n) is 2.31. The maximum absolute atomic E-state index is 11.7. The predicted molar refractivity (Wildman–Crippen MR) is 70.0 cm³/mol. The molecule has 19 heavy (non-hydrogen) atoms. The largest absolute Gasteiger partial charge is 0.481 e. The van der Waals surface area contributed by atoms with E-state index in [1.165, 1.54) is 7.11 Å². The van der Waals surface area contributed by atoms with E-state index in [9.17, 15) is 14.7 Å². The Morgan fingerprint density at radius 1 is 1.16 bits per heavy atom. The molecule has 6 nitrogen and oxygen atoms in total. The Morgan fingerprint density at radius 3 is 1.95 bits per heavy atom. The molecule has 6 heteroatoms. The predicted octanol–water partition coefficient (Wildman–Crippen LogP) is 1.44. The highest BCUT2D eigenvalue weighted by Gasteiger charge is 2.42. The minimum Gasteiger partial charge on any atom is -0.481 e. The molecular weight excluding hydrogens is 250 g/mol. The Morgan fingerprint density at radius 2 is 1.68 bits per heavy atom. The molecule has 0 radical (unpaired) electrons. The number of rotatable bonds is 8. The van der Waals surface area contributed by atoms with Crippen molar-refractivity contribution in [3.8, 4) is 0 Å². The van der Waals surface area contributed by atoms with Gasteiger partial charge in [-0.15, -0.1) is 0 Å². The second kappa shape index (κ2) is 8.12. The maximum Gasteiger partial charge on any atom is 0.328 e. The number of ether oxygens (including phenoxy) is 1. The first-order valence-corrected chi connectivity index (χ1v) is 6.42. The first kappa shape index (κ1) is 17.9. The van der Waals surface area contributed by atoms with Gasteiger partial charge in [0.25, 0.3) is 0 Å². The summed E-state index contributed by atoms with van der Waals surface area (Å²) in [4.78, 5) is 27.5. The van der Waals surface area contributed by atoms with Gasteiger partial charge in [-0.3, -0.25) is 9.59 Å². The highest BCUT2D eigenvalue weighted by Crippen LogP contribution is 2.30. The van der Waals surface area contributed by atoms with Gasteiger partial charge in [0, 0.05) is 7.11 Å². The summed E-state index contributed by atoms with van der Waals surface area (Å²) < 4.78 is 5.28. The van der Waals surface area contributed by atoms with E-state index in [-0.39, 0.29) is 11.8 Å². The quantitative estimate of drug-likeness (QED) is 0.650. The molecule has 0 heterocycles. The van der Waals surface area contributed by atoms with Crippen LogP contribution in [0.15, 0.2) is 0 Å². The summed E-state index contributed by atoms with van der Waals surface area (Å²) in [6, 6.07) is 0.